The summed E-state index contributed by atoms with van der Waals surface area (Å²) in [7, 11) is 0. The fourth-order valence-corrected chi connectivity index (χ4v) is 4.46. The molecule has 0 radical (unpaired) electrons. The fraction of sp³-hybridized carbons (Fsp3) is 0.227. The third kappa shape index (κ3) is 2.72. The number of benzene rings is 1. The number of hydrogen-bond acceptors (Lipinski definition) is 7. The summed E-state index contributed by atoms with van der Waals surface area (Å²) in [6.07, 6.45) is 4.81. The molecule has 8 nitrogen and oxygen atoms in total. The van der Waals surface area contributed by atoms with E-state index in [4.69, 9.17) is 10.3 Å². The molecule has 2 aliphatic carbocycles. The summed E-state index contributed by atoms with van der Waals surface area (Å²) in [6, 6.07) is 13.7. The minimum atomic E-state index is -0.217. The molecular weight excluding hydrogens is 380 g/mol. The van der Waals surface area contributed by atoms with Crippen molar-refractivity contribution in [2.45, 2.75) is 18.9 Å². The van der Waals surface area contributed by atoms with E-state index in [1.54, 1.807) is 12.1 Å². The monoisotopic (exact) mass is 398 g/mol. The Kier molecular flexibility index (Phi) is 3.61. The van der Waals surface area contributed by atoms with Crippen LogP contribution in [0.5, 0.6) is 0 Å². The molecule has 8 heteroatoms. The molecule has 4 aromatic rings. The molecule has 0 spiro atoms. The molecule has 6 rings (SSSR count). The molecule has 0 amide bonds. The van der Waals surface area contributed by atoms with Gasteiger partial charge in [-0.15, -0.1) is 0 Å². The largest absolute Gasteiger partial charge is 0.384 e. The topological polar surface area (TPSA) is 113 Å². The minimum absolute atomic E-state index is 0.173. The summed E-state index contributed by atoms with van der Waals surface area (Å²) in [4.78, 5) is 25.5. The highest BCUT2D eigenvalue weighted by molar-refractivity contribution is 5.74. The number of aromatic nitrogens is 5. The highest BCUT2D eigenvalue weighted by Crippen LogP contribution is 2.62. The first-order valence-electron chi connectivity index (χ1n) is 9.87. The summed E-state index contributed by atoms with van der Waals surface area (Å²) >= 11 is 0. The molecule has 148 valence electrons. The lowest BCUT2D eigenvalue weighted by Gasteiger charge is -2.05. The van der Waals surface area contributed by atoms with Gasteiger partial charge in [0.05, 0.1) is 5.39 Å². The van der Waals surface area contributed by atoms with E-state index in [0.717, 1.165) is 12.2 Å². The molecule has 3 heterocycles. The lowest BCUT2D eigenvalue weighted by molar-refractivity contribution is 0.364. The van der Waals surface area contributed by atoms with Gasteiger partial charge < -0.3 is 10.3 Å². The van der Waals surface area contributed by atoms with Crippen molar-refractivity contribution in [3.8, 4) is 0 Å². The average molecular weight is 398 g/mol. The second kappa shape index (κ2) is 6.35. The number of allylic oxidation sites excluding steroid dienone is 2. The average Bonchev–Trinajstić information content (AvgIpc) is 3.10. The fourth-order valence-electron chi connectivity index (χ4n) is 4.46. The number of rotatable bonds is 4. The van der Waals surface area contributed by atoms with Crippen LogP contribution >= 0.6 is 0 Å². The normalized spacial score (nSPS) is 22.1. The SMILES string of the molecule is Nc1ccc2c(=O)n(Cc3nc(C4C5C=C(c6ccccc6)CC54)no3)cnc2n1. The summed E-state index contributed by atoms with van der Waals surface area (Å²) in [6.45, 7) is 0.173. The Balaban J connectivity index is 1.21. The first-order valence-corrected chi connectivity index (χ1v) is 9.87. The van der Waals surface area contributed by atoms with Gasteiger partial charge in [0.1, 0.15) is 18.7 Å². The Morgan fingerprint density at radius 1 is 1.13 bits per heavy atom. The molecule has 3 unspecified atom stereocenters. The maximum absolute atomic E-state index is 12.7. The van der Waals surface area contributed by atoms with Crippen LogP contribution in [0.3, 0.4) is 0 Å². The van der Waals surface area contributed by atoms with Crippen molar-refractivity contribution in [2.24, 2.45) is 11.8 Å². The van der Waals surface area contributed by atoms with Crippen LogP contribution in [0.25, 0.3) is 16.6 Å². The highest BCUT2D eigenvalue weighted by Gasteiger charge is 2.55. The molecule has 3 atom stereocenters. The molecule has 0 bridgehead atoms. The van der Waals surface area contributed by atoms with Crippen LogP contribution in [-0.4, -0.2) is 24.7 Å². The van der Waals surface area contributed by atoms with Gasteiger partial charge in [-0.25, -0.2) is 9.97 Å². The molecule has 1 aromatic carbocycles. The van der Waals surface area contributed by atoms with Gasteiger partial charge in [-0.05, 0) is 41.5 Å². The zero-order chi connectivity index (χ0) is 20.2. The summed E-state index contributed by atoms with van der Waals surface area (Å²) in [5, 5.41) is 4.58. The summed E-state index contributed by atoms with van der Waals surface area (Å²) < 4.78 is 6.87. The van der Waals surface area contributed by atoms with Crippen molar-refractivity contribution in [1.82, 2.24) is 24.7 Å². The van der Waals surface area contributed by atoms with Gasteiger partial charge in [0.15, 0.2) is 11.5 Å². The van der Waals surface area contributed by atoms with Crippen LogP contribution < -0.4 is 11.3 Å². The van der Waals surface area contributed by atoms with E-state index in [0.29, 0.717) is 40.5 Å². The number of nitrogens with two attached hydrogens (primary N) is 1. The molecule has 2 N–H and O–H groups in total. The van der Waals surface area contributed by atoms with Crippen molar-refractivity contribution >= 4 is 22.4 Å². The molecule has 2 aliphatic rings. The number of hydrogen-bond donors (Lipinski definition) is 1. The zero-order valence-corrected chi connectivity index (χ0v) is 16.0. The third-order valence-electron chi connectivity index (χ3n) is 6.02. The van der Waals surface area contributed by atoms with Crippen LogP contribution in [0.15, 0.2) is 64.2 Å². The van der Waals surface area contributed by atoms with E-state index in [9.17, 15) is 4.79 Å². The van der Waals surface area contributed by atoms with E-state index in [1.165, 1.54) is 22.0 Å². The predicted octanol–water partition coefficient (Wildman–Crippen LogP) is 2.62. The smallest absolute Gasteiger partial charge is 0.263 e. The number of pyridine rings is 1. The molecule has 3 aromatic heterocycles. The first kappa shape index (κ1) is 17.1. The first-order chi connectivity index (χ1) is 14.7. The molecule has 1 saturated carbocycles. The molecule has 0 saturated heterocycles. The molecule has 30 heavy (non-hydrogen) atoms. The van der Waals surface area contributed by atoms with E-state index < -0.39 is 0 Å². The lowest BCUT2D eigenvalue weighted by atomic mass is 10.0. The van der Waals surface area contributed by atoms with E-state index in [-0.39, 0.29) is 12.1 Å². The van der Waals surface area contributed by atoms with Gasteiger partial charge in [-0.2, -0.15) is 4.98 Å². The second-order valence-corrected chi connectivity index (χ2v) is 7.86. The van der Waals surface area contributed by atoms with Gasteiger partial charge in [0.2, 0.25) is 5.89 Å². The Hall–Kier alpha value is -3.81. The van der Waals surface area contributed by atoms with Crippen LogP contribution in [0.2, 0.25) is 0 Å². The maximum atomic E-state index is 12.7. The highest BCUT2D eigenvalue weighted by atomic mass is 16.5. The Bertz CT molecular complexity index is 1360. The number of nitrogen functional groups attached to an aromatic ring is 1. The van der Waals surface area contributed by atoms with Crippen molar-refractivity contribution in [3.63, 3.8) is 0 Å². The van der Waals surface area contributed by atoms with Gasteiger partial charge in [0.25, 0.3) is 5.56 Å². The predicted molar refractivity (Wildman–Crippen MR) is 110 cm³/mol. The van der Waals surface area contributed by atoms with E-state index in [1.807, 2.05) is 6.07 Å². The van der Waals surface area contributed by atoms with Crippen molar-refractivity contribution in [3.05, 3.63) is 82.5 Å². The van der Waals surface area contributed by atoms with Gasteiger partial charge in [0, 0.05) is 5.92 Å². The van der Waals surface area contributed by atoms with Gasteiger partial charge in [-0.1, -0.05) is 41.6 Å². The number of fused-ring (bicyclic) bond motifs is 2. The standard InChI is InChI=1S/C22H18N6O2/c23-17-7-6-14-20(25-17)24-11-28(22(14)29)10-18-26-21(27-30-18)19-15-8-13(9-16(15)19)12-4-2-1-3-5-12/h1-8,11,15-16,19H,9-10H2,(H2,23,25). The quantitative estimate of drug-likeness (QED) is 0.562. The Morgan fingerprint density at radius 3 is 2.80 bits per heavy atom. The van der Waals surface area contributed by atoms with Crippen LogP contribution in [-0.2, 0) is 6.54 Å². The van der Waals surface area contributed by atoms with Crippen molar-refractivity contribution in [2.75, 3.05) is 5.73 Å². The Morgan fingerprint density at radius 2 is 2.00 bits per heavy atom. The third-order valence-corrected chi connectivity index (χ3v) is 6.02. The Labute approximate surface area is 171 Å². The lowest BCUT2D eigenvalue weighted by Crippen LogP contribution is -2.21. The summed E-state index contributed by atoms with van der Waals surface area (Å²) in [5.74, 6) is 2.75. The number of nitrogens with zero attached hydrogens (tertiary/aromatic N) is 5. The van der Waals surface area contributed by atoms with Crippen molar-refractivity contribution < 1.29 is 4.52 Å². The second-order valence-electron chi connectivity index (χ2n) is 7.86. The minimum Gasteiger partial charge on any atom is -0.384 e. The maximum Gasteiger partial charge on any atom is 0.263 e. The molecular formula is C22H18N6O2. The van der Waals surface area contributed by atoms with Gasteiger partial charge >= 0.3 is 0 Å². The van der Waals surface area contributed by atoms with Crippen LogP contribution in [0.1, 0.15) is 29.6 Å². The molecule has 0 aliphatic heterocycles. The van der Waals surface area contributed by atoms with E-state index >= 15 is 0 Å². The van der Waals surface area contributed by atoms with E-state index in [2.05, 4.69) is 50.5 Å². The van der Waals surface area contributed by atoms with Crippen molar-refractivity contribution in [1.29, 1.82) is 0 Å². The van der Waals surface area contributed by atoms with Crippen LogP contribution in [0, 0.1) is 11.8 Å². The summed E-state index contributed by atoms with van der Waals surface area (Å²) in [5.41, 5.74) is 8.45. The number of anilines is 1. The zero-order valence-electron chi connectivity index (χ0n) is 16.0. The van der Waals surface area contributed by atoms with Gasteiger partial charge in [-0.3, -0.25) is 9.36 Å². The van der Waals surface area contributed by atoms with Crippen LogP contribution in [0.4, 0.5) is 5.82 Å². The molecule has 1 fully saturated rings.